The lowest BCUT2D eigenvalue weighted by molar-refractivity contribution is 0.420. The van der Waals surface area contributed by atoms with Gasteiger partial charge in [-0.15, -0.1) is 0 Å². The highest BCUT2D eigenvalue weighted by Crippen LogP contribution is 2.34. The van der Waals surface area contributed by atoms with E-state index < -0.39 is 0 Å². The molecular formula is C16H33N. The van der Waals surface area contributed by atoms with Crippen LogP contribution in [0.1, 0.15) is 84.5 Å². The van der Waals surface area contributed by atoms with E-state index >= 15 is 0 Å². The summed E-state index contributed by atoms with van der Waals surface area (Å²) < 4.78 is 0. The van der Waals surface area contributed by atoms with Gasteiger partial charge in [-0.25, -0.2) is 0 Å². The summed E-state index contributed by atoms with van der Waals surface area (Å²) in [6, 6.07) is 0.812. The summed E-state index contributed by atoms with van der Waals surface area (Å²) in [7, 11) is 0. The van der Waals surface area contributed by atoms with Crippen molar-refractivity contribution in [2.45, 2.75) is 90.5 Å². The number of hydrogen-bond donors (Lipinski definition) is 1. The first-order valence-electron chi connectivity index (χ1n) is 8.10. The Bertz CT molecular complexity index is 163. The highest BCUT2D eigenvalue weighted by molar-refractivity contribution is 4.76. The highest BCUT2D eigenvalue weighted by atomic mass is 14.9. The van der Waals surface area contributed by atoms with E-state index in [2.05, 4.69) is 19.2 Å². The van der Waals surface area contributed by atoms with Crippen molar-refractivity contribution in [3.8, 4) is 0 Å². The van der Waals surface area contributed by atoms with Crippen LogP contribution in [0.25, 0.3) is 0 Å². The molecule has 1 nitrogen and oxygen atoms in total. The summed E-state index contributed by atoms with van der Waals surface area (Å²) in [4.78, 5) is 0. The molecule has 1 unspecified atom stereocenters. The maximum Gasteiger partial charge on any atom is 0.00670 e. The second-order valence-corrected chi connectivity index (χ2v) is 5.83. The lowest BCUT2D eigenvalue weighted by Gasteiger charge is -2.17. The predicted molar refractivity (Wildman–Crippen MR) is 77.4 cm³/mol. The Morgan fingerprint density at radius 3 is 2.29 bits per heavy atom. The van der Waals surface area contributed by atoms with Gasteiger partial charge in [-0.1, -0.05) is 65.2 Å². The maximum atomic E-state index is 3.67. The first-order chi connectivity index (χ1) is 8.36. The topological polar surface area (TPSA) is 12.0 Å². The zero-order valence-corrected chi connectivity index (χ0v) is 12.1. The summed E-state index contributed by atoms with van der Waals surface area (Å²) >= 11 is 0. The average Bonchev–Trinajstić information content (AvgIpc) is 3.14. The molecule has 1 fully saturated rings. The molecule has 0 spiro atoms. The molecule has 102 valence electrons. The molecule has 1 aliphatic rings. The van der Waals surface area contributed by atoms with Crippen molar-refractivity contribution >= 4 is 0 Å². The zero-order valence-electron chi connectivity index (χ0n) is 12.1. The van der Waals surface area contributed by atoms with Crippen molar-refractivity contribution in [1.82, 2.24) is 5.32 Å². The summed E-state index contributed by atoms with van der Waals surface area (Å²) in [5, 5.41) is 3.67. The van der Waals surface area contributed by atoms with Gasteiger partial charge >= 0.3 is 0 Å². The normalized spacial score (nSPS) is 17.3. The molecule has 0 heterocycles. The third kappa shape index (κ3) is 8.65. The molecule has 0 aromatic rings. The van der Waals surface area contributed by atoms with E-state index in [1.807, 2.05) is 0 Å². The van der Waals surface area contributed by atoms with Crippen LogP contribution >= 0.6 is 0 Å². The lowest BCUT2D eigenvalue weighted by Crippen LogP contribution is -2.28. The van der Waals surface area contributed by atoms with Gasteiger partial charge in [0, 0.05) is 6.04 Å². The van der Waals surface area contributed by atoms with Crippen LogP contribution < -0.4 is 5.32 Å². The Morgan fingerprint density at radius 2 is 1.65 bits per heavy atom. The molecule has 0 aromatic heterocycles. The second-order valence-electron chi connectivity index (χ2n) is 5.83. The number of rotatable bonds is 12. The molecule has 0 radical (unpaired) electrons. The van der Waals surface area contributed by atoms with E-state index in [0.717, 1.165) is 18.5 Å². The summed E-state index contributed by atoms with van der Waals surface area (Å²) in [5.74, 6) is 1.10. The van der Waals surface area contributed by atoms with E-state index in [0.29, 0.717) is 0 Å². The molecule has 0 amide bonds. The fraction of sp³-hybridized carbons (Fsp3) is 1.00. The van der Waals surface area contributed by atoms with Crippen molar-refractivity contribution in [2.24, 2.45) is 5.92 Å². The molecule has 1 atom stereocenters. The van der Waals surface area contributed by atoms with E-state index in [-0.39, 0.29) is 0 Å². The van der Waals surface area contributed by atoms with Crippen molar-refractivity contribution in [1.29, 1.82) is 0 Å². The van der Waals surface area contributed by atoms with Gasteiger partial charge in [-0.3, -0.25) is 0 Å². The Kier molecular flexibility index (Phi) is 8.78. The Balaban J connectivity index is 1.94. The molecule has 1 aliphatic carbocycles. The van der Waals surface area contributed by atoms with Crippen molar-refractivity contribution in [2.75, 3.05) is 6.54 Å². The van der Waals surface area contributed by atoms with Crippen molar-refractivity contribution in [3.05, 3.63) is 0 Å². The minimum atomic E-state index is 0.812. The Labute approximate surface area is 109 Å². The summed E-state index contributed by atoms with van der Waals surface area (Å²) in [6.07, 6.45) is 15.9. The second kappa shape index (κ2) is 9.94. The molecular weight excluding hydrogens is 206 g/mol. The molecule has 0 saturated heterocycles. The highest BCUT2D eigenvalue weighted by Gasteiger charge is 2.22. The van der Waals surface area contributed by atoms with E-state index in [1.54, 1.807) is 0 Å². The van der Waals surface area contributed by atoms with Crippen LogP contribution in [-0.4, -0.2) is 12.6 Å². The quantitative estimate of drug-likeness (QED) is 0.477. The smallest absolute Gasteiger partial charge is 0.00670 e. The van der Waals surface area contributed by atoms with E-state index in [9.17, 15) is 0 Å². The van der Waals surface area contributed by atoms with Gasteiger partial charge in [-0.2, -0.15) is 0 Å². The van der Waals surface area contributed by atoms with E-state index in [4.69, 9.17) is 0 Å². The van der Waals surface area contributed by atoms with E-state index in [1.165, 1.54) is 70.6 Å². The van der Waals surface area contributed by atoms with Crippen LogP contribution in [0.2, 0.25) is 0 Å². The first kappa shape index (κ1) is 15.0. The zero-order chi connectivity index (χ0) is 12.3. The predicted octanol–water partition coefficient (Wildman–Crippen LogP) is 4.91. The van der Waals surface area contributed by atoms with Crippen LogP contribution in [0.3, 0.4) is 0 Å². The minimum Gasteiger partial charge on any atom is -0.314 e. The molecule has 0 aliphatic heterocycles. The largest absolute Gasteiger partial charge is 0.314 e. The van der Waals surface area contributed by atoms with Crippen LogP contribution in [-0.2, 0) is 0 Å². The Morgan fingerprint density at radius 1 is 0.941 bits per heavy atom. The van der Waals surface area contributed by atoms with Crippen LogP contribution in [0.4, 0.5) is 0 Å². The number of hydrogen-bond acceptors (Lipinski definition) is 1. The van der Waals surface area contributed by atoms with Crippen LogP contribution in [0.15, 0.2) is 0 Å². The fourth-order valence-electron chi connectivity index (χ4n) is 2.65. The van der Waals surface area contributed by atoms with Gasteiger partial charge in [0.25, 0.3) is 0 Å². The lowest BCUT2D eigenvalue weighted by atomic mass is 10.0. The maximum absolute atomic E-state index is 3.67. The fourth-order valence-corrected chi connectivity index (χ4v) is 2.65. The van der Waals surface area contributed by atoms with Gasteiger partial charge in [0.15, 0.2) is 0 Å². The summed E-state index contributed by atoms with van der Waals surface area (Å²) in [5.41, 5.74) is 0. The van der Waals surface area contributed by atoms with Gasteiger partial charge in [0.1, 0.15) is 0 Å². The third-order valence-electron chi connectivity index (χ3n) is 4.02. The number of unbranched alkanes of at least 4 members (excludes halogenated alkanes) is 5. The van der Waals surface area contributed by atoms with Gasteiger partial charge in [0.2, 0.25) is 0 Å². The molecule has 1 saturated carbocycles. The summed E-state index contributed by atoms with van der Waals surface area (Å²) in [6.45, 7) is 5.68. The first-order valence-corrected chi connectivity index (χ1v) is 8.10. The standard InChI is InChI=1S/C16H33N/c1-3-5-6-7-8-9-10-16(17-4-2)14-13-15-11-12-15/h15-17H,3-14H2,1-2H3. The van der Waals surface area contributed by atoms with Gasteiger partial charge in [0.05, 0.1) is 0 Å². The van der Waals surface area contributed by atoms with Crippen LogP contribution in [0, 0.1) is 5.92 Å². The minimum absolute atomic E-state index is 0.812. The molecule has 1 heteroatoms. The third-order valence-corrected chi connectivity index (χ3v) is 4.02. The average molecular weight is 239 g/mol. The SMILES string of the molecule is CCCCCCCCC(CCC1CC1)NCC. The molecule has 1 N–H and O–H groups in total. The molecule has 1 rings (SSSR count). The monoisotopic (exact) mass is 239 g/mol. The molecule has 17 heavy (non-hydrogen) atoms. The number of nitrogens with one attached hydrogen (secondary N) is 1. The molecule has 0 bridgehead atoms. The van der Waals surface area contributed by atoms with Crippen LogP contribution in [0.5, 0.6) is 0 Å². The Hall–Kier alpha value is -0.0400. The van der Waals surface area contributed by atoms with Gasteiger partial charge in [-0.05, 0) is 31.7 Å². The van der Waals surface area contributed by atoms with Crippen molar-refractivity contribution in [3.63, 3.8) is 0 Å². The van der Waals surface area contributed by atoms with Crippen molar-refractivity contribution < 1.29 is 0 Å². The molecule has 0 aromatic carbocycles. The van der Waals surface area contributed by atoms with Gasteiger partial charge < -0.3 is 5.32 Å².